The van der Waals surface area contributed by atoms with E-state index in [-0.39, 0.29) is 13.2 Å². The number of rotatable bonds is 3. The van der Waals surface area contributed by atoms with E-state index in [0.29, 0.717) is 0 Å². The molecular weight excluding hydrogens is 180 g/mol. The molecule has 1 aromatic rings. The molecule has 0 heterocycles. The summed E-state index contributed by atoms with van der Waals surface area (Å²) in [6.07, 6.45) is 0. The van der Waals surface area contributed by atoms with E-state index >= 15 is 0 Å². The van der Waals surface area contributed by atoms with Gasteiger partial charge in [-0.2, -0.15) is 0 Å². The van der Waals surface area contributed by atoms with Crippen LogP contribution in [0.1, 0.15) is 5.56 Å². The Hall–Kier alpha value is -1.79. The molecule has 3 nitrogen and oxygen atoms in total. The highest BCUT2D eigenvalue weighted by molar-refractivity contribution is 5.68. The van der Waals surface area contributed by atoms with Crippen molar-refractivity contribution in [1.82, 2.24) is 0 Å². The molecule has 1 rings (SSSR count). The van der Waals surface area contributed by atoms with Crippen LogP contribution in [0.25, 0.3) is 0 Å². The van der Waals surface area contributed by atoms with Gasteiger partial charge in [-0.05, 0) is 12.1 Å². The average molecular weight is 190 g/mol. The molecule has 0 fully saturated rings. The first-order chi connectivity index (χ1) is 6.79. The van der Waals surface area contributed by atoms with Crippen molar-refractivity contribution in [2.45, 2.75) is 0 Å². The Balaban J connectivity index is 2.31. The number of carboxylic acid groups (broad SMARTS) is 1. The van der Waals surface area contributed by atoms with Gasteiger partial charge in [0.25, 0.3) is 0 Å². The van der Waals surface area contributed by atoms with Gasteiger partial charge in [0.15, 0.2) is 0 Å². The van der Waals surface area contributed by atoms with Crippen LogP contribution in [-0.4, -0.2) is 24.3 Å². The summed E-state index contributed by atoms with van der Waals surface area (Å²) in [5, 5.41) is 8.26. The summed E-state index contributed by atoms with van der Waals surface area (Å²) in [4.78, 5) is 10.1. The molecule has 0 spiro atoms. The monoisotopic (exact) mass is 190 g/mol. The average Bonchev–Trinajstić information content (AvgIpc) is 2.18. The SMILES string of the molecule is O=C(O)COCC#Cc1ccccc1. The Bertz CT molecular complexity index is 346. The van der Waals surface area contributed by atoms with Gasteiger partial charge in [-0.25, -0.2) is 4.79 Å². The normalized spacial score (nSPS) is 8.86. The molecule has 0 amide bonds. The number of hydrogen-bond donors (Lipinski definition) is 1. The molecule has 0 aliphatic rings. The molecule has 1 N–H and O–H groups in total. The minimum absolute atomic E-state index is 0.140. The number of benzene rings is 1. The van der Waals surface area contributed by atoms with E-state index in [1.54, 1.807) is 0 Å². The van der Waals surface area contributed by atoms with Crippen LogP contribution in [0.3, 0.4) is 0 Å². The molecule has 0 atom stereocenters. The minimum atomic E-state index is -0.980. The zero-order valence-corrected chi connectivity index (χ0v) is 7.56. The predicted octanol–water partition coefficient (Wildman–Crippen LogP) is 1.14. The van der Waals surface area contributed by atoms with E-state index in [2.05, 4.69) is 11.8 Å². The van der Waals surface area contributed by atoms with E-state index in [0.717, 1.165) is 5.56 Å². The van der Waals surface area contributed by atoms with Crippen LogP contribution in [0, 0.1) is 11.8 Å². The summed E-state index contributed by atoms with van der Waals surface area (Å²) >= 11 is 0. The van der Waals surface area contributed by atoms with Gasteiger partial charge in [0, 0.05) is 5.56 Å². The molecule has 72 valence electrons. The highest BCUT2D eigenvalue weighted by Gasteiger charge is 1.92. The molecule has 0 aliphatic heterocycles. The Kier molecular flexibility index (Phi) is 4.25. The summed E-state index contributed by atoms with van der Waals surface area (Å²) in [6.45, 7) is -0.162. The molecular formula is C11H10O3. The fourth-order valence-electron chi connectivity index (χ4n) is 0.849. The number of hydrogen-bond acceptors (Lipinski definition) is 2. The van der Waals surface area contributed by atoms with Crippen molar-refractivity contribution < 1.29 is 14.6 Å². The number of carbonyl (C=O) groups is 1. The van der Waals surface area contributed by atoms with E-state index in [4.69, 9.17) is 9.84 Å². The lowest BCUT2D eigenvalue weighted by atomic mass is 10.2. The van der Waals surface area contributed by atoms with Crippen LogP contribution in [0.4, 0.5) is 0 Å². The first-order valence-electron chi connectivity index (χ1n) is 4.12. The second-order valence-electron chi connectivity index (χ2n) is 2.55. The molecule has 0 aromatic heterocycles. The maximum atomic E-state index is 10.1. The number of ether oxygens (including phenoxy) is 1. The third kappa shape index (κ3) is 4.29. The fraction of sp³-hybridized carbons (Fsp3) is 0.182. The highest BCUT2D eigenvalue weighted by Crippen LogP contribution is 1.94. The lowest BCUT2D eigenvalue weighted by Crippen LogP contribution is -2.06. The van der Waals surface area contributed by atoms with Crippen LogP contribution >= 0.6 is 0 Å². The maximum Gasteiger partial charge on any atom is 0.329 e. The fourth-order valence-corrected chi connectivity index (χ4v) is 0.849. The quantitative estimate of drug-likeness (QED) is 0.574. The zero-order chi connectivity index (χ0) is 10.2. The molecule has 0 saturated heterocycles. The Morgan fingerprint density at radius 1 is 1.36 bits per heavy atom. The zero-order valence-electron chi connectivity index (χ0n) is 7.56. The highest BCUT2D eigenvalue weighted by atomic mass is 16.5. The largest absolute Gasteiger partial charge is 0.480 e. The molecule has 0 bridgehead atoms. The van der Waals surface area contributed by atoms with E-state index < -0.39 is 5.97 Å². The Labute approximate surface area is 82.3 Å². The van der Waals surface area contributed by atoms with Crippen molar-refractivity contribution >= 4 is 5.97 Å². The van der Waals surface area contributed by atoms with E-state index in [1.165, 1.54) is 0 Å². The van der Waals surface area contributed by atoms with Crippen LogP contribution in [0.2, 0.25) is 0 Å². The molecule has 14 heavy (non-hydrogen) atoms. The summed E-state index contributed by atoms with van der Waals surface area (Å²) < 4.78 is 4.74. The lowest BCUT2D eigenvalue weighted by Gasteiger charge is -1.91. The van der Waals surface area contributed by atoms with Crippen LogP contribution < -0.4 is 0 Å². The maximum absolute atomic E-state index is 10.1. The molecule has 0 aliphatic carbocycles. The minimum Gasteiger partial charge on any atom is -0.480 e. The van der Waals surface area contributed by atoms with Crippen molar-refractivity contribution in [3.63, 3.8) is 0 Å². The van der Waals surface area contributed by atoms with Gasteiger partial charge in [0.05, 0.1) is 0 Å². The van der Waals surface area contributed by atoms with Crippen LogP contribution in [-0.2, 0) is 9.53 Å². The van der Waals surface area contributed by atoms with Crippen molar-refractivity contribution in [2.75, 3.05) is 13.2 Å². The summed E-state index contributed by atoms with van der Waals surface area (Å²) in [6, 6.07) is 9.45. The van der Waals surface area contributed by atoms with Gasteiger partial charge in [0.1, 0.15) is 13.2 Å². The third-order valence-corrected chi connectivity index (χ3v) is 1.41. The molecule has 1 aromatic carbocycles. The molecule has 0 unspecified atom stereocenters. The second-order valence-corrected chi connectivity index (χ2v) is 2.55. The number of carboxylic acids is 1. The van der Waals surface area contributed by atoms with Crippen molar-refractivity contribution in [3.05, 3.63) is 35.9 Å². The molecule has 0 radical (unpaired) electrons. The van der Waals surface area contributed by atoms with E-state index in [1.807, 2.05) is 30.3 Å². The van der Waals surface area contributed by atoms with Gasteiger partial charge in [0.2, 0.25) is 0 Å². The van der Waals surface area contributed by atoms with Gasteiger partial charge in [-0.3, -0.25) is 0 Å². The summed E-state index contributed by atoms with van der Waals surface area (Å²) in [5.74, 6) is 4.59. The first-order valence-corrected chi connectivity index (χ1v) is 4.12. The van der Waals surface area contributed by atoms with Crippen LogP contribution in [0.5, 0.6) is 0 Å². The van der Waals surface area contributed by atoms with Gasteiger partial charge >= 0.3 is 5.97 Å². The Morgan fingerprint density at radius 3 is 2.71 bits per heavy atom. The van der Waals surface area contributed by atoms with Crippen LogP contribution in [0.15, 0.2) is 30.3 Å². The van der Waals surface area contributed by atoms with Crippen molar-refractivity contribution in [2.24, 2.45) is 0 Å². The summed E-state index contributed by atoms with van der Waals surface area (Å²) in [7, 11) is 0. The predicted molar refractivity (Wildman–Crippen MR) is 51.8 cm³/mol. The van der Waals surface area contributed by atoms with Gasteiger partial charge in [-0.15, -0.1) is 0 Å². The smallest absolute Gasteiger partial charge is 0.329 e. The standard InChI is InChI=1S/C11H10O3/c12-11(13)9-14-8-4-7-10-5-2-1-3-6-10/h1-3,5-6H,8-9H2,(H,12,13). The van der Waals surface area contributed by atoms with E-state index in [9.17, 15) is 4.79 Å². The van der Waals surface area contributed by atoms with Crippen molar-refractivity contribution in [3.8, 4) is 11.8 Å². The third-order valence-electron chi connectivity index (χ3n) is 1.41. The van der Waals surface area contributed by atoms with Gasteiger partial charge in [-0.1, -0.05) is 30.0 Å². The summed E-state index contributed by atoms with van der Waals surface area (Å²) in [5.41, 5.74) is 0.895. The van der Waals surface area contributed by atoms with Gasteiger partial charge < -0.3 is 9.84 Å². The molecule has 3 heteroatoms. The van der Waals surface area contributed by atoms with Crippen molar-refractivity contribution in [1.29, 1.82) is 0 Å². The Morgan fingerprint density at radius 2 is 2.07 bits per heavy atom. The molecule has 0 saturated carbocycles. The number of aliphatic carboxylic acids is 1. The lowest BCUT2D eigenvalue weighted by molar-refractivity contribution is -0.141. The second kappa shape index (κ2) is 5.79. The topological polar surface area (TPSA) is 46.5 Å². The first kappa shape index (κ1) is 10.3.